The molecule has 0 aliphatic heterocycles. The molecule has 0 saturated heterocycles. The number of hydrogen-bond donors (Lipinski definition) is 0. The Labute approximate surface area is 287 Å². The fourth-order valence-corrected chi connectivity index (χ4v) is 8.43. The zero-order valence-electron chi connectivity index (χ0n) is 26.5. The number of rotatable bonds is 5. The van der Waals surface area contributed by atoms with Gasteiger partial charge in [-0.15, -0.1) is 0 Å². The lowest BCUT2D eigenvalue weighted by atomic mass is 10.00. The molecule has 0 aliphatic rings. The normalized spacial score (nSPS) is 11.7. The standard InChI is InChI=1S/C45H29N3S/c1-3-9-30(10-4-1)32-17-23-36(24-18-32)47(37-25-19-33(20-26-37)31-11-5-2-6-12-31)38-27-21-34-15-16-35-22-28-42-44(43(35)39(34)29-38)49-45-46-40-13-7-8-14-41(40)48(42)45/h1-29H. The number of thiazole rings is 1. The maximum atomic E-state index is 5.00. The van der Waals surface area contributed by atoms with Gasteiger partial charge in [0, 0.05) is 22.4 Å². The van der Waals surface area contributed by atoms with E-state index in [0.717, 1.165) is 33.1 Å². The summed E-state index contributed by atoms with van der Waals surface area (Å²) in [5.41, 5.74) is 11.5. The third kappa shape index (κ3) is 4.61. The van der Waals surface area contributed by atoms with Crippen molar-refractivity contribution in [3.8, 4) is 22.3 Å². The molecule has 230 valence electrons. The van der Waals surface area contributed by atoms with Crippen LogP contribution >= 0.6 is 11.3 Å². The average Bonchev–Trinajstić information content (AvgIpc) is 3.72. The van der Waals surface area contributed by atoms with Gasteiger partial charge in [-0.05, 0) is 93.0 Å². The summed E-state index contributed by atoms with van der Waals surface area (Å²) in [6, 6.07) is 63.3. The van der Waals surface area contributed by atoms with E-state index in [1.54, 1.807) is 11.3 Å². The molecular weight excluding hydrogens is 615 g/mol. The molecule has 10 aromatic rings. The van der Waals surface area contributed by atoms with E-state index in [4.69, 9.17) is 4.98 Å². The Bertz CT molecular complexity index is 2710. The first-order valence-electron chi connectivity index (χ1n) is 16.5. The summed E-state index contributed by atoms with van der Waals surface area (Å²) in [7, 11) is 0. The number of benzene rings is 8. The van der Waals surface area contributed by atoms with Crippen molar-refractivity contribution in [2.24, 2.45) is 0 Å². The van der Waals surface area contributed by atoms with Crippen LogP contribution in [0, 0.1) is 0 Å². The molecule has 0 bridgehead atoms. The van der Waals surface area contributed by atoms with E-state index in [2.05, 4.69) is 185 Å². The van der Waals surface area contributed by atoms with Crippen LogP contribution < -0.4 is 4.90 Å². The number of fused-ring (bicyclic) bond motifs is 9. The first-order valence-corrected chi connectivity index (χ1v) is 17.4. The van der Waals surface area contributed by atoms with Gasteiger partial charge in [0.1, 0.15) is 0 Å². The number of anilines is 3. The van der Waals surface area contributed by atoms with E-state index in [1.807, 2.05) is 0 Å². The maximum absolute atomic E-state index is 5.00. The predicted molar refractivity (Wildman–Crippen MR) is 209 cm³/mol. The Morgan fingerprint density at radius 2 is 0.980 bits per heavy atom. The molecule has 2 aromatic heterocycles. The lowest BCUT2D eigenvalue weighted by molar-refractivity contribution is 1.29. The molecule has 0 atom stereocenters. The lowest BCUT2D eigenvalue weighted by Gasteiger charge is -2.26. The molecule has 2 heterocycles. The Kier molecular flexibility index (Phi) is 6.36. The Morgan fingerprint density at radius 3 is 1.65 bits per heavy atom. The minimum Gasteiger partial charge on any atom is -0.310 e. The fraction of sp³-hybridized carbons (Fsp3) is 0. The second-order valence-electron chi connectivity index (χ2n) is 12.5. The first-order chi connectivity index (χ1) is 24.3. The molecule has 0 aliphatic carbocycles. The van der Waals surface area contributed by atoms with E-state index in [0.29, 0.717) is 0 Å². The predicted octanol–water partition coefficient (Wildman–Crippen LogP) is 12.8. The summed E-state index contributed by atoms with van der Waals surface area (Å²) in [4.78, 5) is 8.39. The van der Waals surface area contributed by atoms with Crippen LogP contribution in [-0.2, 0) is 0 Å². The zero-order valence-corrected chi connectivity index (χ0v) is 27.3. The molecule has 0 N–H and O–H groups in total. The molecule has 0 saturated carbocycles. The Balaban J connectivity index is 1.17. The highest BCUT2D eigenvalue weighted by atomic mass is 32.1. The second kappa shape index (κ2) is 11.2. The quantitative estimate of drug-likeness (QED) is 0.174. The number of para-hydroxylation sites is 2. The molecule has 0 fully saturated rings. The van der Waals surface area contributed by atoms with Crippen molar-refractivity contribution in [2.75, 3.05) is 4.90 Å². The molecule has 3 nitrogen and oxygen atoms in total. The van der Waals surface area contributed by atoms with Crippen molar-refractivity contribution in [2.45, 2.75) is 0 Å². The van der Waals surface area contributed by atoms with Crippen LogP contribution in [0.4, 0.5) is 17.1 Å². The topological polar surface area (TPSA) is 20.5 Å². The van der Waals surface area contributed by atoms with Gasteiger partial charge in [-0.1, -0.05) is 133 Å². The van der Waals surface area contributed by atoms with Crippen molar-refractivity contribution in [3.05, 3.63) is 176 Å². The minimum atomic E-state index is 1.02. The van der Waals surface area contributed by atoms with Crippen LogP contribution in [0.1, 0.15) is 0 Å². The fourth-order valence-electron chi connectivity index (χ4n) is 7.22. The zero-order chi connectivity index (χ0) is 32.3. The summed E-state index contributed by atoms with van der Waals surface area (Å²) >= 11 is 1.78. The highest BCUT2D eigenvalue weighted by Crippen LogP contribution is 2.42. The van der Waals surface area contributed by atoms with E-state index in [9.17, 15) is 0 Å². The van der Waals surface area contributed by atoms with Gasteiger partial charge in [-0.25, -0.2) is 4.98 Å². The van der Waals surface area contributed by atoms with Crippen LogP contribution in [0.3, 0.4) is 0 Å². The Morgan fingerprint density at radius 1 is 0.449 bits per heavy atom. The van der Waals surface area contributed by atoms with E-state index >= 15 is 0 Å². The number of hydrogen-bond acceptors (Lipinski definition) is 3. The summed E-state index contributed by atoms with van der Waals surface area (Å²) < 4.78 is 3.58. The third-order valence-corrected chi connectivity index (χ3v) is 10.7. The van der Waals surface area contributed by atoms with E-state index < -0.39 is 0 Å². The van der Waals surface area contributed by atoms with Gasteiger partial charge in [0.15, 0.2) is 4.96 Å². The van der Waals surface area contributed by atoms with Gasteiger partial charge >= 0.3 is 0 Å². The summed E-state index contributed by atoms with van der Waals surface area (Å²) in [6.45, 7) is 0. The molecule has 0 spiro atoms. The monoisotopic (exact) mass is 643 g/mol. The van der Waals surface area contributed by atoms with Crippen LogP contribution in [0.2, 0.25) is 0 Å². The lowest BCUT2D eigenvalue weighted by Crippen LogP contribution is -2.09. The summed E-state index contributed by atoms with van der Waals surface area (Å²) in [5.74, 6) is 0. The smallest absolute Gasteiger partial charge is 0.195 e. The van der Waals surface area contributed by atoms with Crippen LogP contribution in [0.25, 0.3) is 70.0 Å². The maximum Gasteiger partial charge on any atom is 0.195 e. The Hall–Kier alpha value is -6.23. The van der Waals surface area contributed by atoms with Gasteiger partial charge in [-0.3, -0.25) is 4.40 Å². The van der Waals surface area contributed by atoms with Crippen molar-refractivity contribution < 1.29 is 0 Å². The van der Waals surface area contributed by atoms with Gasteiger partial charge in [-0.2, -0.15) is 0 Å². The number of imidazole rings is 1. The molecule has 8 aromatic carbocycles. The molecule has 0 unspecified atom stereocenters. The average molecular weight is 644 g/mol. The largest absolute Gasteiger partial charge is 0.310 e. The van der Waals surface area contributed by atoms with Gasteiger partial charge in [0.2, 0.25) is 0 Å². The van der Waals surface area contributed by atoms with E-state index in [-0.39, 0.29) is 0 Å². The summed E-state index contributed by atoms with van der Waals surface area (Å²) in [6.07, 6.45) is 0. The minimum absolute atomic E-state index is 1.02. The van der Waals surface area contributed by atoms with Crippen molar-refractivity contribution in [1.29, 1.82) is 0 Å². The van der Waals surface area contributed by atoms with Gasteiger partial charge in [0.25, 0.3) is 0 Å². The second-order valence-corrected chi connectivity index (χ2v) is 13.4. The highest BCUT2D eigenvalue weighted by molar-refractivity contribution is 7.24. The number of nitrogens with zero attached hydrogens (tertiary/aromatic N) is 3. The molecule has 0 amide bonds. The summed E-state index contributed by atoms with van der Waals surface area (Å²) in [5, 5.41) is 4.96. The molecular formula is C45H29N3S. The van der Waals surface area contributed by atoms with E-state index in [1.165, 1.54) is 54.0 Å². The highest BCUT2D eigenvalue weighted by Gasteiger charge is 2.18. The van der Waals surface area contributed by atoms with Crippen molar-refractivity contribution in [1.82, 2.24) is 9.38 Å². The van der Waals surface area contributed by atoms with Gasteiger partial charge < -0.3 is 4.90 Å². The van der Waals surface area contributed by atoms with Crippen LogP contribution in [0.15, 0.2) is 176 Å². The van der Waals surface area contributed by atoms with Crippen LogP contribution in [-0.4, -0.2) is 9.38 Å². The number of aromatic nitrogens is 2. The van der Waals surface area contributed by atoms with Crippen molar-refractivity contribution >= 4 is 76.2 Å². The van der Waals surface area contributed by atoms with Crippen LogP contribution in [0.5, 0.6) is 0 Å². The van der Waals surface area contributed by atoms with Gasteiger partial charge in [0.05, 0.1) is 21.3 Å². The first kappa shape index (κ1) is 27.8. The molecule has 4 heteroatoms. The third-order valence-electron chi connectivity index (χ3n) is 9.61. The molecule has 0 radical (unpaired) electrons. The van der Waals surface area contributed by atoms with Crippen molar-refractivity contribution in [3.63, 3.8) is 0 Å². The molecule has 49 heavy (non-hydrogen) atoms. The molecule has 10 rings (SSSR count). The SMILES string of the molecule is c1ccc(-c2ccc(N(c3ccc(-c4ccccc4)cc3)c3ccc4ccc5ccc6c(sc7nc8ccccc8n76)c5c4c3)cc2)cc1.